The van der Waals surface area contributed by atoms with E-state index in [1.54, 1.807) is 11.3 Å². The topological polar surface area (TPSA) is 72.5 Å². The molecule has 96 valence electrons. The van der Waals surface area contributed by atoms with E-state index in [0.29, 0.717) is 6.61 Å². The molecule has 0 bridgehead atoms. The van der Waals surface area contributed by atoms with Gasteiger partial charge >= 0.3 is 5.97 Å². The van der Waals surface area contributed by atoms with Crippen LogP contribution >= 0.6 is 11.3 Å². The van der Waals surface area contributed by atoms with Crippen molar-refractivity contribution in [3.63, 3.8) is 0 Å². The fourth-order valence-electron chi connectivity index (χ4n) is 1.42. The highest BCUT2D eigenvalue weighted by Gasteiger charge is 2.10. The van der Waals surface area contributed by atoms with Crippen LogP contribution in [0.2, 0.25) is 0 Å². The molecule has 1 atom stereocenters. The number of aliphatic carboxylic acids is 1. The zero-order valence-corrected chi connectivity index (χ0v) is 10.6. The third kappa shape index (κ3) is 6.41. The van der Waals surface area contributed by atoms with E-state index in [2.05, 4.69) is 17.5 Å². The van der Waals surface area contributed by atoms with Gasteiger partial charge in [-0.15, -0.1) is 11.3 Å². The molecular formula is C12H19NO3S. The summed E-state index contributed by atoms with van der Waals surface area (Å²) in [5.74, 6) is -1.01. The number of carboxylic acid groups (broad SMARTS) is 1. The fraction of sp³-hybridized carbons (Fsp3) is 0.583. The Kier molecular flexibility index (Phi) is 6.84. The van der Waals surface area contributed by atoms with Crippen molar-refractivity contribution in [2.24, 2.45) is 5.73 Å². The Morgan fingerprint density at radius 3 is 2.94 bits per heavy atom. The van der Waals surface area contributed by atoms with Gasteiger partial charge in [0.1, 0.15) is 6.04 Å². The summed E-state index contributed by atoms with van der Waals surface area (Å²) in [6, 6.07) is 3.31. The monoisotopic (exact) mass is 257 g/mol. The van der Waals surface area contributed by atoms with Crippen LogP contribution in [0.15, 0.2) is 17.5 Å². The lowest BCUT2D eigenvalue weighted by Gasteiger charge is -2.07. The highest BCUT2D eigenvalue weighted by atomic mass is 32.1. The molecule has 0 fully saturated rings. The number of carboxylic acids is 1. The highest BCUT2D eigenvalue weighted by molar-refractivity contribution is 7.09. The SMILES string of the molecule is N[C@H](COCCCCCc1cccs1)C(=O)O. The Hall–Kier alpha value is -0.910. The Labute approximate surface area is 105 Å². The average Bonchev–Trinajstić information content (AvgIpc) is 2.80. The van der Waals surface area contributed by atoms with Gasteiger partial charge in [-0.2, -0.15) is 0 Å². The first-order valence-corrected chi connectivity index (χ1v) is 6.66. The van der Waals surface area contributed by atoms with E-state index < -0.39 is 12.0 Å². The van der Waals surface area contributed by atoms with Gasteiger partial charge in [0.2, 0.25) is 0 Å². The van der Waals surface area contributed by atoms with Crippen molar-refractivity contribution >= 4 is 17.3 Å². The van der Waals surface area contributed by atoms with Gasteiger partial charge in [-0.25, -0.2) is 0 Å². The number of aryl methyl sites for hydroxylation is 1. The molecule has 0 saturated carbocycles. The normalized spacial score (nSPS) is 12.5. The van der Waals surface area contributed by atoms with Crippen molar-refractivity contribution in [2.75, 3.05) is 13.2 Å². The number of nitrogens with two attached hydrogens (primary N) is 1. The summed E-state index contributed by atoms with van der Waals surface area (Å²) < 4.78 is 5.19. The van der Waals surface area contributed by atoms with Crippen LogP contribution in [-0.2, 0) is 16.0 Å². The van der Waals surface area contributed by atoms with Gasteiger partial charge in [0.15, 0.2) is 0 Å². The molecule has 3 N–H and O–H groups in total. The second kappa shape index (κ2) is 8.22. The lowest BCUT2D eigenvalue weighted by molar-refractivity contribution is -0.140. The second-order valence-electron chi connectivity index (χ2n) is 3.91. The summed E-state index contributed by atoms with van der Waals surface area (Å²) in [5, 5.41) is 10.6. The van der Waals surface area contributed by atoms with Crippen molar-refractivity contribution in [1.82, 2.24) is 0 Å². The van der Waals surface area contributed by atoms with Crippen LogP contribution in [0.1, 0.15) is 24.1 Å². The molecule has 0 spiro atoms. The summed E-state index contributed by atoms with van der Waals surface area (Å²) in [6.07, 6.45) is 4.32. The van der Waals surface area contributed by atoms with Crippen LogP contribution in [0.3, 0.4) is 0 Å². The molecule has 0 aliphatic rings. The lowest BCUT2D eigenvalue weighted by Crippen LogP contribution is -2.34. The lowest BCUT2D eigenvalue weighted by atomic mass is 10.2. The third-order valence-corrected chi connectivity index (χ3v) is 3.34. The van der Waals surface area contributed by atoms with Crippen LogP contribution in [0.4, 0.5) is 0 Å². The Morgan fingerprint density at radius 2 is 2.29 bits per heavy atom. The molecule has 0 unspecified atom stereocenters. The predicted molar refractivity (Wildman–Crippen MR) is 68.3 cm³/mol. The Balaban J connectivity index is 1.89. The first-order chi connectivity index (χ1) is 8.20. The summed E-state index contributed by atoms with van der Waals surface area (Å²) in [6.45, 7) is 0.686. The van der Waals surface area contributed by atoms with Crippen molar-refractivity contribution < 1.29 is 14.6 Å². The van der Waals surface area contributed by atoms with Crippen LogP contribution in [0.25, 0.3) is 0 Å². The van der Waals surface area contributed by atoms with Crippen LogP contribution in [0, 0.1) is 0 Å². The molecule has 1 rings (SSSR count). The zero-order valence-electron chi connectivity index (χ0n) is 9.80. The molecule has 0 radical (unpaired) electrons. The molecule has 1 aromatic heterocycles. The Bertz CT molecular complexity index is 314. The van der Waals surface area contributed by atoms with E-state index in [9.17, 15) is 4.79 Å². The molecule has 1 aromatic rings. The van der Waals surface area contributed by atoms with Crippen molar-refractivity contribution in [3.05, 3.63) is 22.4 Å². The maximum absolute atomic E-state index is 10.4. The second-order valence-corrected chi connectivity index (χ2v) is 4.94. The van der Waals surface area contributed by atoms with Crippen LogP contribution in [0.5, 0.6) is 0 Å². The van der Waals surface area contributed by atoms with Gasteiger partial charge in [0.05, 0.1) is 6.61 Å². The number of rotatable bonds is 9. The molecule has 0 saturated heterocycles. The standard InChI is InChI=1S/C12H19NO3S/c13-11(12(14)15)9-16-7-3-1-2-5-10-6-4-8-17-10/h4,6,8,11H,1-3,5,7,9,13H2,(H,14,15)/t11-/m1/s1. The molecule has 4 nitrogen and oxygen atoms in total. The van der Waals surface area contributed by atoms with E-state index in [4.69, 9.17) is 15.6 Å². The van der Waals surface area contributed by atoms with E-state index in [1.807, 2.05) is 0 Å². The zero-order chi connectivity index (χ0) is 12.5. The quantitative estimate of drug-likeness (QED) is 0.663. The predicted octanol–water partition coefficient (Wildman–Crippen LogP) is 1.89. The number of unbranched alkanes of at least 4 members (excludes halogenated alkanes) is 2. The Morgan fingerprint density at radius 1 is 1.47 bits per heavy atom. The van der Waals surface area contributed by atoms with Crippen molar-refractivity contribution in [1.29, 1.82) is 0 Å². The first-order valence-electron chi connectivity index (χ1n) is 5.78. The maximum Gasteiger partial charge on any atom is 0.322 e. The minimum atomic E-state index is -1.01. The number of ether oxygens (including phenoxy) is 1. The molecule has 0 aromatic carbocycles. The van der Waals surface area contributed by atoms with Gasteiger partial charge in [-0.05, 0) is 30.7 Å². The number of hydrogen-bond donors (Lipinski definition) is 2. The van der Waals surface area contributed by atoms with Gasteiger partial charge in [0, 0.05) is 11.5 Å². The number of hydrogen-bond acceptors (Lipinski definition) is 4. The van der Waals surface area contributed by atoms with E-state index in [0.717, 1.165) is 25.7 Å². The van der Waals surface area contributed by atoms with Gasteiger partial charge < -0.3 is 15.6 Å². The van der Waals surface area contributed by atoms with Crippen LogP contribution < -0.4 is 5.73 Å². The van der Waals surface area contributed by atoms with Crippen LogP contribution in [-0.4, -0.2) is 30.3 Å². The minimum absolute atomic E-state index is 0.0975. The molecule has 5 heteroatoms. The smallest absolute Gasteiger partial charge is 0.322 e. The molecule has 17 heavy (non-hydrogen) atoms. The molecule has 0 aliphatic carbocycles. The van der Waals surface area contributed by atoms with Crippen molar-refractivity contribution in [3.8, 4) is 0 Å². The third-order valence-electron chi connectivity index (χ3n) is 2.41. The van der Waals surface area contributed by atoms with Gasteiger partial charge in [-0.1, -0.05) is 12.5 Å². The van der Waals surface area contributed by atoms with Crippen molar-refractivity contribution in [2.45, 2.75) is 31.7 Å². The van der Waals surface area contributed by atoms with Gasteiger partial charge in [0.25, 0.3) is 0 Å². The summed E-state index contributed by atoms with van der Waals surface area (Å²) in [7, 11) is 0. The maximum atomic E-state index is 10.4. The molecule has 0 aliphatic heterocycles. The molecule has 1 heterocycles. The largest absolute Gasteiger partial charge is 0.480 e. The summed E-state index contributed by atoms with van der Waals surface area (Å²) in [4.78, 5) is 11.8. The average molecular weight is 257 g/mol. The van der Waals surface area contributed by atoms with E-state index in [1.165, 1.54) is 4.88 Å². The minimum Gasteiger partial charge on any atom is -0.480 e. The fourth-order valence-corrected chi connectivity index (χ4v) is 2.17. The van der Waals surface area contributed by atoms with Gasteiger partial charge in [-0.3, -0.25) is 4.79 Å². The summed E-state index contributed by atoms with van der Waals surface area (Å²) >= 11 is 1.79. The molecular weight excluding hydrogens is 238 g/mol. The number of carbonyl (C=O) groups is 1. The summed E-state index contributed by atoms with van der Waals surface area (Å²) in [5.41, 5.74) is 5.30. The highest BCUT2D eigenvalue weighted by Crippen LogP contribution is 2.12. The number of thiophene rings is 1. The molecule has 0 amide bonds. The van der Waals surface area contributed by atoms with E-state index in [-0.39, 0.29) is 6.61 Å². The van der Waals surface area contributed by atoms with E-state index >= 15 is 0 Å². The first kappa shape index (κ1) is 14.2.